The zero-order valence-corrected chi connectivity index (χ0v) is 14.9. The third-order valence-electron chi connectivity index (χ3n) is 6.14. The van der Waals surface area contributed by atoms with Crippen LogP contribution in [-0.2, 0) is 9.53 Å². The van der Waals surface area contributed by atoms with Gasteiger partial charge < -0.3 is 9.64 Å². The molecule has 0 unspecified atom stereocenters. The molecule has 25 heavy (non-hydrogen) atoms. The summed E-state index contributed by atoms with van der Waals surface area (Å²) in [5, 5.41) is 0. The summed E-state index contributed by atoms with van der Waals surface area (Å²) in [6, 6.07) is 7.18. The summed E-state index contributed by atoms with van der Waals surface area (Å²) < 4.78 is 18.9. The highest BCUT2D eigenvalue weighted by Gasteiger charge is 2.48. The van der Waals surface area contributed by atoms with Gasteiger partial charge in [-0.25, -0.2) is 4.39 Å². The molecule has 1 saturated carbocycles. The molecule has 2 heterocycles. The minimum Gasteiger partial charge on any atom is -0.379 e. The zero-order valence-electron chi connectivity index (χ0n) is 14.9. The van der Waals surface area contributed by atoms with Crippen molar-refractivity contribution < 1.29 is 13.9 Å². The molecule has 4 rings (SSSR count). The number of carbonyl (C=O) groups is 1. The van der Waals surface area contributed by atoms with Crippen LogP contribution in [0.5, 0.6) is 0 Å². The van der Waals surface area contributed by atoms with Crippen LogP contribution >= 0.6 is 0 Å². The number of benzene rings is 1. The number of rotatable bonds is 4. The Bertz CT molecular complexity index is 632. The Morgan fingerprint density at radius 1 is 1.28 bits per heavy atom. The topological polar surface area (TPSA) is 32.8 Å². The number of nitrogens with zero attached hydrogens (tertiary/aromatic N) is 2. The van der Waals surface area contributed by atoms with Crippen molar-refractivity contribution in [2.75, 3.05) is 39.4 Å². The van der Waals surface area contributed by atoms with Crippen LogP contribution in [0.25, 0.3) is 0 Å². The number of amides is 1. The average Bonchev–Trinajstić information content (AvgIpc) is 3.33. The van der Waals surface area contributed by atoms with Crippen molar-refractivity contribution in [1.82, 2.24) is 9.80 Å². The predicted molar refractivity (Wildman–Crippen MR) is 93.8 cm³/mol. The third-order valence-corrected chi connectivity index (χ3v) is 6.14. The molecule has 136 valence electrons. The van der Waals surface area contributed by atoms with Gasteiger partial charge in [-0.3, -0.25) is 9.69 Å². The molecular formula is C20H27FN2O2. The molecule has 4 atom stereocenters. The second kappa shape index (κ2) is 7.04. The second-order valence-corrected chi connectivity index (χ2v) is 7.63. The first-order valence-electron chi connectivity index (χ1n) is 9.53. The van der Waals surface area contributed by atoms with Crippen LogP contribution in [0.4, 0.5) is 4.39 Å². The maximum Gasteiger partial charge on any atom is 0.226 e. The molecule has 0 N–H and O–H groups in total. The monoisotopic (exact) mass is 346 g/mol. The Morgan fingerprint density at radius 2 is 2.08 bits per heavy atom. The molecule has 0 aromatic heterocycles. The molecular weight excluding hydrogens is 319 g/mol. The highest BCUT2D eigenvalue weighted by molar-refractivity contribution is 5.83. The Morgan fingerprint density at radius 3 is 2.80 bits per heavy atom. The zero-order chi connectivity index (χ0) is 17.4. The maximum atomic E-state index is 13.4. The molecule has 2 saturated heterocycles. The van der Waals surface area contributed by atoms with Crippen LogP contribution in [0, 0.1) is 17.7 Å². The molecule has 1 aromatic rings. The molecule has 1 aromatic carbocycles. The number of carbonyl (C=O) groups excluding carboxylic acids is 1. The molecule has 5 heteroatoms. The van der Waals surface area contributed by atoms with Crippen LogP contribution in [-0.4, -0.2) is 61.1 Å². The van der Waals surface area contributed by atoms with Gasteiger partial charge in [0, 0.05) is 38.1 Å². The lowest BCUT2D eigenvalue weighted by Gasteiger charge is -2.34. The van der Waals surface area contributed by atoms with Gasteiger partial charge in [-0.1, -0.05) is 25.5 Å². The first-order chi connectivity index (χ1) is 12.2. The molecule has 4 nitrogen and oxygen atoms in total. The summed E-state index contributed by atoms with van der Waals surface area (Å²) in [6.45, 7) is 7.46. The summed E-state index contributed by atoms with van der Waals surface area (Å²) in [5.41, 5.74) is 0.967. The fourth-order valence-electron chi connectivity index (χ4n) is 4.57. The summed E-state index contributed by atoms with van der Waals surface area (Å²) in [4.78, 5) is 17.5. The molecule has 0 bridgehead atoms. The minimum absolute atomic E-state index is 0.0442. The Hall–Kier alpha value is -1.46. The van der Waals surface area contributed by atoms with Crippen molar-refractivity contribution >= 4 is 5.91 Å². The summed E-state index contributed by atoms with van der Waals surface area (Å²) in [5.74, 6) is 0.848. The van der Waals surface area contributed by atoms with Crippen molar-refractivity contribution in [2.24, 2.45) is 11.8 Å². The maximum absolute atomic E-state index is 13.4. The number of halogens is 1. The van der Waals surface area contributed by atoms with E-state index < -0.39 is 0 Å². The van der Waals surface area contributed by atoms with Gasteiger partial charge in [-0.2, -0.15) is 0 Å². The van der Waals surface area contributed by atoms with Gasteiger partial charge in [0.1, 0.15) is 5.82 Å². The standard InChI is InChI=1S/C20H27FN2O2/c1-2-14-12-23(13-19(14)22-6-8-25-9-7-22)20(24)18-11-17(18)15-4-3-5-16(21)10-15/h3-5,10,14,17-19H,2,6-9,11-13H2,1H3/t14-,17-,18-,19-/m1/s1. The number of hydrogen-bond acceptors (Lipinski definition) is 3. The van der Waals surface area contributed by atoms with E-state index in [4.69, 9.17) is 4.74 Å². The quantitative estimate of drug-likeness (QED) is 0.840. The van der Waals surface area contributed by atoms with E-state index in [1.807, 2.05) is 6.07 Å². The Kier molecular flexibility index (Phi) is 4.78. The lowest BCUT2D eigenvalue weighted by molar-refractivity contribution is -0.132. The number of morpholine rings is 1. The van der Waals surface area contributed by atoms with Crippen LogP contribution in [0.15, 0.2) is 24.3 Å². The van der Waals surface area contributed by atoms with Crippen molar-refractivity contribution in [3.8, 4) is 0 Å². The van der Waals surface area contributed by atoms with Crippen molar-refractivity contribution in [3.05, 3.63) is 35.6 Å². The van der Waals surface area contributed by atoms with Gasteiger partial charge in [0.25, 0.3) is 0 Å². The predicted octanol–water partition coefficient (Wildman–Crippen LogP) is 2.50. The van der Waals surface area contributed by atoms with Crippen LogP contribution in [0.2, 0.25) is 0 Å². The summed E-state index contributed by atoms with van der Waals surface area (Å²) in [7, 11) is 0. The van der Waals surface area contributed by atoms with Gasteiger partial charge in [-0.05, 0) is 36.0 Å². The van der Waals surface area contributed by atoms with Gasteiger partial charge >= 0.3 is 0 Å². The van der Waals surface area contributed by atoms with Crippen molar-refractivity contribution in [3.63, 3.8) is 0 Å². The fraction of sp³-hybridized carbons (Fsp3) is 0.650. The number of hydrogen-bond donors (Lipinski definition) is 0. The van der Waals surface area contributed by atoms with E-state index in [1.54, 1.807) is 12.1 Å². The van der Waals surface area contributed by atoms with Crippen LogP contribution in [0.3, 0.4) is 0 Å². The number of likely N-dealkylation sites (tertiary alicyclic amines) is 1. The first kappa shape index (κ1) is 17.0. The Labute approximate surface area is 148 Å². The van der Waals surface area contributed by atoms with Gasteiger partial charge in [-0.15, -0.1) is 0 Å². The van der Waals surface area contributed by atoms with Crippen LogP contribution < -0.4 is 0 Å². The SMILES string of the molecule is CC[C@@H]1CN(C(=O)[C@@H]2C[C@@H]2c2cccc(F)c2)C[C@H]1N1CCOCC1. The molecule has 0 radical (unpaired) electrons. The van der Waals surface area contributed by atoms with Crippen LogP contribution in [0.1, 0.15) is 31.2 Å². The third kappa shape index (κ3) is 3.44. The fourth-order valence-corrected chi connectivity index (χ4v) is 4.57. The number of ether oxygens (including phenoxy) is 1. The molecule has 0 spiro atoms. The van der Waals surface area contributed by atoms with Gasteiger partial charge in [0.2, 0.25) is 5.91 Å². The van der Waals surface area contributed by atoms with E-state index in [1.165, 1.54) is 6.07 Å². The molecule has 1 aliphatic carbocycles. The van der Waals surface area contributed by atoms with Gasteiger partial charge in [0.05, 0.1) is 13.2 Å². The average molecular weight is 346 g/mol. The highest BCUT2D eigenvalue weighted by atomic mass is 19.1. The first-order valence-corrected chi connectivity index (χ1v) is 9.53. The molecule has 3 aliphatic rings. The molecule has 2 aliphatic heterocycles. The van der Waals surface area contributed by atoms with E-state index >= 15 is 0 Å². The van der Waals surface area contributed by atoms with E-state index in [9.17, 15) is 9.18 Å². The second-order valence-electron chi connectivity index (χ2n) is 7.63. The smallest absolute Gasteiger partial charge is 0.226 e. The van der Waals surface area contributed by atoms with Gasteiger partial charge in [0.15, 0.2) is 0 Å². The highest BCUT2D eigenvalue weighted by Crippen LogP contribution is 2.49. The summed E-state index contributed by atoms with van der Waals surface area (Å²) in [6.07, 6.45) is 1.96. The van der Waals surface area contributed by atoms with E-state index in [0.717, 1.165) is 57.8 Å². The van der Waals surface area contributed by atoms with Crippen molar-refractivity contribution in [2.45, 2.75) is 31.7 Å². The van der Waals surface area contributed by atoms with E-state index in [2.05, 4.69) is 16.7 Å². The molecule has 3 fully saturated rings. The largest absolute Gasteiger partial charge is 0.379 e. The lowest BCUT2D eigenvalue weighted by Crippen LogP contribution is -2.47. The molecule has 1 amide bonds. The van der Waals surface area contributed by atoms with E-state index in [0.29, 0.717) is 12.0 Å². The lowest BCUT2D eigenvalue weighted by atomic mass is 9.99. The van der Waals surface area contributed by atoms with E-state index in [-0.39, 0.29) is 23.6 Å². The summed E-state index contributed by atoms with van der Waals surface area (Å²) >= 11 is 0. The van der Waals surface area contributed by atoms with Crippen molar-refractivity contribution in [1.29, 1.82) is 0 Å². The minimum atomic E-state index is -0.213. The Balaban J connectivity index is 1.40. The normalized spacial score (nSPS) is 32.8.